The maximum absolute atomic E-state index is 13.1. The Balaban J connectivity index is 1.88. The van der Waals surface area contributed by atoms with E-state index in [4.69, 9.17) is 14.2 Å². The summed E-state index contributed by atoms with van der Waals surface area (Å²) in [4.78, 5) is 31.0. The minimum absolute atomic E-state index is 0.242. The van der Waals surface area contributed by atoms with Crippen LogP contribution in [0.25, 0.3) is 11.3 Å². The number of nitrogens with zero attached hydrogens (tertiary/aromatic N) is 4. The van der Waals surface area contributed by atoms with Crippen molar-refractivity contribution in [1.29, 1.82) is 0 Å². The van der Waals surface area contributed by atoms with Gasteiger partial charge < -0.3 is 14.2 Å². The van der Waals surface area contributed by atoms with Crippen molar-refractivity contribution in [2.45, 2.75) is 51.9 Å². The zero-order valence-corrected chi connectivity index (χ0v) is 23.4. The Hall–Kier alpha value is -3.18. The Bertz CT molecular complexity index is 1320. The van der Waals surface area contributed by atoms with Crippen LogP contribution >= 0.6 is 27.7 Å². The van der Waals surface area contributed by atoms with E-state index in [-0.39, 0.29) is 17.5 Å². The van der Waals surface area contributed by atoms with E-state index >= 15 is 0 Å². The second-order valence-electron chi connectivity index (χ2n) is 8.18. The van der Waals surface area contributed by atoms with Crippen LogP contribution in [0.2, 0.25) is 0 Å². The lowest BCUT2D eigenvalue weighted by molar-refractivity contribution is -0.132. The van der Waals surface area contributed by atoms with Crippen LogP contribution in [0.3, 0.4) is 0 Å². The van der Waals surface area contributed by atoms with Gasteiger partial charge in [0.1, 0.15) is 0 Å². The van der Waals surface area contributed by atoms with Gasteiger partial charge in [-0.1, -0.05) is 43.3 Å². The third-order valence-corrected chi connectivity index (χ3v) is 6.96. The number of anilines is 1. The highest BCUT2D eigenvalue weighted by molar-refractivity contribution is 9.10. The molecule has 0 radical (unpaired) electrons. The highest BCUT2D eigenvalue weighted by Crippen LogP contribution is 2.46. The fraction of sp³-hybridized carbons (Fsp3) is 0.346. The number of unbranched alkanes of at least 4 members (excludes halogenated alkanes) is 1. The molecule has 0 saturated carbocycles. The number of rotatable bonds is 8. The summed E-state index contributed by atoms with van der Waals surface area (Å²) in [6.07, 6.45) is 1.18. The summed E-state index contributed by atoms with van der Waals surface area (Å²) < 4.78 is 18.1. The molecule has 0 aliphatic carbocycles. The summed E-state index contributed by atoms with van der Waals surface area (Å²) in [5.41, 5.74) is 2.33. The minimum atomic E-state index is -0.910. The number of hydrogen-bond donors (Lipinski definition) is 0. The number of carbonyl (C=O) groups is 2. The van der Waals surface area contributed by atoms with E-state index in [1.165, 1.54) is 25.6 Å². The number of hydrogen-bond acceptors (Lipinski definition) is 9. The van der Waals surface area contributed by atoms with Crippen LogP contribution in [-0.4, -0.2) is 39.4 Å². The number of benzene rings is 2. The van der Waals surface area contributed by atoms with Gasteiger partial charge >= 0.3 is 5.97 Å². The van der Waals surface area contributed by atoms with Gasteiger partial charge in [-0.05, 0) is 47.5 Å². The zero-order chi connectivity index (χ0) is 26.5. The molecule has 1 aliphatic rings. The first-order chi connectivity index (χ1) is 17.8. The highest BCUT2D eigenvalue weighted by Gasteiger charge is 2.35. The smallest absolute Gasteiger partial charge is 0.308 e. The topological polar surface area (TPSA) is 104 Å². The molecule has 11 heteroatoms. The monoisotopic (exact) mass is 586 g/mol. The van der Waals surface area contributed by atoms with Gasteiger partial charge in [-0.25, -0.2) is 0 Å². The van der Waals surface area contributed by atoms with E-state index in [9.17, 15) is 9.59 Å². The number of halogens is 1. The summed E-state index contributed by atoms with van der Waals surface area (Å²) in [5.74, 6) is 0.995. The molecule has 0 saturated heterocycles. The molecule has 37 heavy (non-hydrogen) atoms. The van der Waals surface area contributed by atoms with Gasteiger partial charge in [-0.3, -0.25) is 14.5 Å². The number of aromatic nitrogens is 3. The van der Waals surface area contributed by atoms with Crippen molar-refractivity contribution in [3.05, 3.63) is 46.4 Å². The summed E-state index contributed by atoms with van der Waals surface area (Å²) in [7, 11) is 0. The van der Waals surface area contributed by atoms with E-state index in [1.807, 2.05) is 31.2 Å². The van der Waals surface area contributed by atoms with Crippen molar-refractivity contribution in [3.8, 4) is 28.6 Å². The molecule has 4 rings (SSSR count). The molecular weight excluding hydrogens is 560 g/mol. The Kier molecular flexibility index (Phi) is 8.65. The van der Waals surface area contributed by atoms with Crippen LogP contribution in [0.4, 0.5) is 5.69 Å². The molecule has 194 valence electrons. The second-order valence-corrected chi connectivity index (χ2v) is 10.1. The van der Waals surface area contributed by atoms with Crippen LogP contribution < -0.4 is 19.1 Å². The maximum atomic E-state index is 13.1. The van der Waals surface area contributed by atoms with Crippen molar-refractivity contribution >= 4 is 45.3 Å². The Morgan fingerprint density at radius 3 is 2.65 bits per heavy atom. The van der Waals surface area contributed by atoms with Crippen LogP contribution in [0.1, 0.15) is 52.3 Å². The molecule has 1 amide bonds. The summed E-state index contributed by atoms with van der Waals surface area (Å²) in [5, 5.41) is 9.25. The van der Waals surface area contributed by atoms with Gasteiger partial charge in [-0.15, -0.1) is 10.2 Å². The lowest BCUT2D eigenvalue weighted by Crippen LogP contribution is -2.36. The SMILES string of the molecule is CCCCSc1nnc2c(n1)O[C@H](c1cc(Br)c(OC(C)=O)c(OCC)c1)N(C(C)=O)c1ccccc1-2. The minimum Gasteiger partial charge on any atom is -0.490 e. The fourth-order valence-corrected chi connectivity index (χ4v) is 5.28. The van der Waals surface area contributed by atoms with Crippen molar-refractivity contribution < 1.29 is 23.8 Å². The summed E-state index contributed by atoms with van der Waals surface area (Å²) in [6.45, 7) is 7.08. The van der Waals surface area contributed by atoms with Gasteiger partial charge in [0.05, 0.1) is 16.8 Å². The summed E-state index contributed by atoms with van der Waals surface area (Å²) >= 11 is 5.00. The average molecular weight is 587 g/mol. The second kappa shape index (κ2) is 11.9. The molecule has 0 bridgehead atoms. The van der Waals surface area contributed by atoms with Crippen molar-refractivity contribution in [2.24, 2.45) is 0 Å². The van der Waals surface area contributed by atoms with E-state index < -0.39 is 12.2 Å². The number of amides is 1. The lowest BCUT2D eigenvalue weighted by Gasteiger charge is -2.30. The third-order valence-electron chi connectivity index (χ3n) is 5.44. The first-order valence-electron chi connectivity index (χ1n) is 11.9. The standard InChI is InChI=1S/C26H27BrN4O5S/c1-5-7-12-37-26-28-24-22(29-30-26)18-10-8-9-11-20(18)31(15(3)32)25(36-24)17-13-19(27)23(35-16(4)33)21(14-17)34-6-2/h8-11,13-14,25H,5-7,12H2,1-4H3/t25-/m1/s1. The van der Waals surface area contributed by atoms with Crippen LogP contribution in [0.5, 0.6) is 17.4 Å². The maximum Gasteiger partial charge on any atom is 0.308 e. The molecule has 1 aromatic heterocycles. The number of esters is 1. The molecule has 0 unspecified atom stereocenters. The van der Waals surface area contributed by atoms with E-state index in [2.05, 4.69) is 38.0 Å². The van der Waals surface area contributed by atoms with Gasteiger partial charge in [0.2, 0.25) is 23.2 Å². The number of ether oxygens (including phenoxy) is 3. The fourth-order valence-electron chi connectivity index (χ4n) is 3.87. The molecule has 0 spiro atoms. The molecule has 1 aliphatic heterocycles. The molecule has 0 N–H and O–H groups in total. The van der Waals surface area contributed by atoms with Crippen molar-refractivity contribution in [1.82, 2.24) is 15.2 Å². The molecular formula is C26H27BrN4O5S. The Morgan fingerprint density at radius 2 is 1.95 bits per heavy atom. The van der Waals surface area contributed by atoms with Crippen molar-refractivity contribution in [3.63, 3.8) is 0 Å². The molecule has 3 aromatic rings. The first-order valence-corrected chi connectivity index (χ1v) is 13.7. The van der Waals surface area contributed by atoms with Crippen LogP contribution in [0, 0.1) is 0 Å². The molecule has 2 aromatic carbocycles. The van der Waals surface area contributed by atoms with E-state index in [0.29, 0.717) is 44.5 Å². The Labute approximate surface area is 228 Å². The predicted octanol–water partition coefficient (Wildman–Crippen LogP) is 5.96. The number of carbonyl (C=O) groups excluding carboxylic acids is 2. The van der Waals surface area contributed by atoms with E-state index in [0.717, 1.165) is 18.6 Å². The predicted molar refractivity (Wildman–Crippen MR) is 144 cm³/mol. The van der Waals surface area contributed by atoms with Gasteiger partial charge in [-0.2, -0.15) is 4.98 Å². The molecule has 2 heterocycles. The van der Waals surface area contributed by atoms with Gasteiger partial charge in [0.15, 0.2) is 17.2 Å². The average Bonchev–Trinajstić information content (AvgIpc) is 3.00. The van der Waals surface area contributed by atoms with Gasteiger partial charge in [0.25, 0.3) is 0 Å². The number of para-hydroxylation sites is 1. The lowest BCUT2D eigenvalue weighted by atomic mass is 10.1. The summed E-state index contributed by atoms with van der Waals surface area (Å²) in [6, 6.07) is 10.8. The van der Waals surface area contributed by atoms with Crippen LogP contribution in [0.15, 0.2) is 46.0 Å². The highest BCUT2D eigenvalue weighted by atomic mass is 79.9. The zero-order valence-electron chi connectivity index (χ0n) is 21.0. The third kappa shape index (κ3) is 5.88. The van der Waals surface area contributed by atoms with Gasteiger partial charge in [0, 0.05) is 30.7 Å². The van der Waals surface area contributed by atoms with E-state index in [1.54, 1.807) is 17.0 Å². The molecule has 0 fully saturated rings. The quantitative estimate of drug-likeness (QED) is 0.137. The number of fused-ring (bicyclic) bond motifs is 3. The van der Waals surface area contributed by atoms with Crippen LogP contribution in [-0.2, 0) is 9.59 Å². The largest absolute Gasteiger partial charge is 0.490 e. The van der Waals surface area contributed by atoms with Crippen molar-refractivity contribution in [2.75, 3.05) is 17.3 Å². The first kappa shape index (κ1) is 26.9. The normalized spacial score (nSPS) is 14.2. The molecule has 1 atom stereocenters. The molecule has 9 nitrogen and oxygen atoms in total. The number of thioether (sulfide) groups is 1. The Morgan fingerprint density at radius 1 is 1.16 bits per heavy atom.